The van der Waals surface area contributed by atoms with E-state index in [2.05, 4.69) is 10.5 Å². The Morgan fingerprint density at radius 2 is 1.79 bits per heavy atom. The van der Waals surface area contributed by atoms with Crippen molar-refractivity contribution in [2.75, 3.05) is 5.75 Å². The average molecular weight is 363 g/mol. The highest BCUT2D eigenvalue weighted by Gasteiger charge is 2.02. The minimum absolute atomic E-state index is 0.202. The van der Waals surface area contributed by atoms with Gasteiger partial charge in [0.15, 0.2) is 0 Å². The first kappa shape index (κ1) is 18.0. The Labute approximate surface area is 148 Å². The Kier molecular flexibility index (Phi) is 6.84. The maximum absolute atomic E-state index is 11.7. The third-order valence-corrected chi connectivity index (χ3v) is 4.23. The molecule has 1 amide bonds. The second-order valence-electron chi connectivity index (χ2n) is 4.84. The van der Waals surface area contributed by atoms with Gasteiger partial charge in [0.1, 0.15) is 0 Å². The molecule has 0 unspecified atom stereocenters. The molecule has 2 aromatic carbocycles. The van der Waals surface area contributed by atoms with Crippen LogP contribution in [-0.2, 0) is 10.5 Å². The van der Waals surface area contributed by atoms with Crippen molar-refractivity contribution >= 4 is 41.5 Å². The monoisotopic (exact) mass is 362 g/mol. The van der Waals surface area contributed by atoms with Gasteiger partial charge in [-0.2, -0.15) is 5.10 Å². The Morgan fingerprint density at radius 3 is 2.42 bits per heavy atom. The van der Waals surface area contributed by atoms with Gasteiger partial charge in [-0.1, -0.05) is 35.9 Å². The van der Waals surface area contributed by atoms with Gasteiger partial charge in [-0.05, 0) is 35.4 Å². The number of carbonyl (C=O) groups excluding carboxylic acids is 1. The van der Waals surface area contributed by atoms with Crippen molar-refractivity contribution in [2.24, 2.45) is 5.10 Å². The zero-order chi connectivity index (χ0) is 17.4. The normalized spacial score (nSPS) is 10.7. The van der Waals surface area contributed by atoms with E-state index < -0.39 is 5.97 Å². The molecule has 0 saturated carbocycles. The summed E-state index contributed by atoms with van der Waals surface area (Å²) >= 11 is 7.29. The van der Waals surface area contributed by atoms with Gasteiger partial charge in [-0.3, -0.25) is 4.79 Å². The fraction of sp³-hybridized carbons (Fsp3) is 0.118. The molecule has 0 spiro atoms. The van der Waals surface area contributed by atoms with Crippen molar-refractivity contribution in [1.29, 1.82) is 0 Å². The summed E-state index contributed by atoms with van der Waals surface area (Å²) in [6.07, 6.45) is 1.47. The van der Waals surface area contributed by atoms with Gasteiger partial charge in [0.05, 0.1) is 17.5 Å². The highest BCUT2D eigenvalue weighted by atomic mass is 35.5. The SMILES string of the molecule is O=C(CSCc1ccc(Cl)cc1)N/N=C\c1ccc(C(=O)O)cc1. The summed E-state index contributed by atoms with van der Waals surface area (Å²) < 4.78 is 0. The van der Waals surface area contributed by atoms with Crippen molar-refractivity contribution < 1.29 is 14.7 Å². The van der Waals surface area contributed by atoms with Crippen molar-refractivity contribution in [3.63, 3.8) is 0 Å². The molecule has 0 fully saturated rings. The summed E-state index contributed by atoms with van der Waals surface area (Å²) in [7, 11) is 0. The van der Waals surface area contributed by atoms with Crippen LogP contribution in [0.5, 0.6) is 0 Å². The van der Waals surface area contributed by atoms with E-state index in [0.29, 0.717) is 16.3 Å². The van der Waals surface area contributed by atoms with Gasteiger partial charge < -0.3 is 5.11 Å². The standard InChI is InChI=1S/C17H15ClN2O3S/c18-15-7-3-13(4-8-15)10-24-11-16(21)20-19-9-12-1-5-14(6-2-12)17(22)23/h1-9H,10-11H2,(H,20,21)(H,22,23)/b19-9-. The number of nitrogens with one attached hydrogen (secondary N) is 1. The molecule has 0 bridgehead atoms. The summed E-state index contributed by atoms with van der Waals surface area (Å²) in [5, 5.41) is 13.3. The molecular weight excluding hydrogens is 348 g/mol. The van der Waals surface area contributed by atoms with Gasteiger partial charge in [0, 0.05) is 10.8 Å². The van der Waals surface area contributed by atoms with Crippen LogP contribution < -0.4 is 5.43 Å². The van der Waals surface area contributed by atoms with E-state index in [0.717, 1.165) is 5.56 Å². The van der Waals surface area contributed by atoms with Crippen molar-refractivity contribution in [2.45, 2.75) is 5.75 Å². The Hall–Kier alpha value is -2.31. The number of hydrogen-bond acceptors (Lipinski definition) is 4. The van der Waals surface area contributed by atoms with Gasteiger partial charge in [0.25, 0.3) is 0 Å². The molecule has 0 aliphatic heterocycles. The van der Waals surface area contributed by atoms with Crippen molar-refractivity contribution in [3.8, 4) is 0 Å². The molecular formula is C17H15ClN2O3S. The molecule has 24 heavy (non-hydrogen) atoms. The van der Waals surface area contributed by atoms with E-state index >= 15 is 0 Å². The number of nitrogens with zero attached hydrogens (tertiary/aromatic N) is 1. The van der Waals surface area contributed by atoms with Gasteiger partial charge in [-0.25, -0.2) is 10.2 Å². The molecule has 5 nitrogen and oxygen atoms in total. The van der Waals surface area contributed by atoms with Crippen molar-refractivity contribution in [3.05, 3.63) is 70.2 Å². The van der Waals surface area contributed by atoms with E-state index in [1.54, 1.807) is 12.1 Å². The number of carbonyl (C=O) groups is 2. The molecule has 0 radical (unpaired) electrons. The number of carboxylic acid groups (broad SMARTS) is 1. The third kappa shape index (κ3) is 6.06. The summed E-state index contributed by atoms with van der Waals surface area (Å²) in [6, 6.07) is 13.7. The molecule has 0 heterocycles. The number of halogens is 1. The summed E-state index contributed by atoms with van der Waals surface area (Å²) in [5.41, 5.74) is 4.44. The Morgan fingerprint density at radius 1 is 1.12 bits per heavy atom. The molecule has 0 aliphatic rings. The Bertz CT molecular complexity index is 731. The van der Waals surface area contributed by atoms with Crippen LogP contribution in [0.15, 0.2) is 53.6 Å². The minimum atomic E-state index is -0.982. The minimum Gasteiger partial charge on any atom is -0.478 e. The molecule has 2 N–H and O–H groups in total. The van der Waals surface area contributed by atoms with Gasteiger partial charge in [0.2, 0.25) is 5.91 Å². The van der Waals surface area contributed by atoms with E-state index in [9.17, 15) is 9.59 Å². The highest BCUT2D eigenvalue weighted by molar-refractivity contribution is 7.99. The maximum Gasteiger partial charge on any atom is 0.335 e. The number of carboxylic acids is 1. The number of amides is 1. The van der Waals surface area contributed by atoms with Crippen LogP contribution in [0.25, 0.3) is 0 Å². The smallest absolute Gasteiger partial charge is 0.335 e. The number of thioether (sulfide) groups is 1. The highest BCUT2D eigenvalue weighted by Crippen LogP contribution is 2.15. The second-order valence-corrected chi connectivity index (χ2v) is 6.26. The van der Waals surface area contributed by atoms with Crippen LogP contribution in [0.1, 0.15) is 21.5 Å². The third-order valence-electron chi connectivity index (χ3n) is 2.98. The lowest BCUT2D eigenvalue weighted by molar-refractivity contribution is -0.118. The number of rotatable bonds is 7. The first-order valence-electron chi connectivity index (χ1n) is 7.02. The number of aromatic carboxylic acids is 1. The van der Waals surface area contributed by atoms with E-state index in [1.165, 1.54) is 30.1 Å². The predicted octanol–water partition coefficient (Wildman–Crippen LogP) is 3.42. The maximum atomic E-state index is 11.7. The van der Waals surface area contributed by atoms with Crippen LogP contribution in [0, 0.1) is 0 Å². The van der Waals surface area contributed by atoms with Crippen molar-refractivity contribution in [1.82, 2.24) is 5.43 Å². The first-order valence-corrected chi connectivity index (χ1v) is 8.55. The van der Waals surface area contributed by atoms with Crippen LogP contribution in [0.4, 0.5) is 0 Å². The topological polar surface area (TPSA) is 78.8 Å². The first-order chi connectivity index (χ1) is 11.5. The number of hydrogen-bond donors (Lipinski definition) is 2. The molecule has 0 aromatic heterocycles. The lowest BCUT2D eigenvalue weighted by Gasteiger charge is -2.02. The largest absolute Gasteiger partial charge is 0.478 e. The lowest BCUT2D eigenvalue weighted by Crippen LogP contribution is -2.19. The molecule has 0 saturated heterocycles. The summed E-state index contributed by atoms with van der Waals surface area (Å²) in [6.45, 7) is 0. The average Bonchev–Trinajstić information content (AvgIpc) is 2.57. The van der Waals surface area contributed by atoms with E-state index in [-0.39, 0.29) is 17.2 Å². The molecule has 2 aromatic rings. The second kappa shape index (κ2) is 9.10. The predicted molar refractivity (Wildman–Crippen MR) is 96.8 cm³/mol. The fourth-order valence-electron chi connectivity index (χ4n) is 1.77. The summed E-state index contributed by atoms with van der Waals surface area (Å²) in [5.74, 6) is -0.181. The van der Waals surface area contributed by atoms with E-state index in [1.807, 2.05) is 24.3 Å². The van der Waals surface area contributed by atoms with Crippen LogP contribution in [0.2, 0.25) is 5.02 Å². The summed E-state index contributed by atoms with van der Waals surface area (Å²) in [4.78, 5) is 22.4. The van der Waals surface area contributed by atoms with Crippen LogP contribution >= 0.6 is 23.4 Å². The van der Waals surface area contributed by atoms with Crippen LogP contribution in [0.3, 0.4) is 0 Å². The molecule has 0 aliphatic carbocycles. The molecule has 0 atom stereocenters. The zero-order valence-electron chi connectivity index (χ0n) is 12.6. The van der Waals surface area contributed by atoms with Crippen LogP contribution in [-0.4, -0.2) is 29.0 Å². The quantitative estimate of drug-likeness (QED) is 0.584. The van der Waals surface area contributed by atoms with Gasteiger partial charge in [-0.15, -0.1) is 11.8 Å². The number of benzene rings is 2. The molecule has 124 valence electrons. The fourth-order valence-corrected chi connectivity index (χ4v) is 2.67. The Balaban J connectivity index is 1.72. The lowest BCUT2D eigenvalue weighted by atomic mass is 10.1. The van der Waals surface area contributed by atoms with Gasteiger partial charge >= 0.3 is 5.97 Å². The number of hydrazone groups is 1. The molecule has 7 heteroatoms. The molecule has 2 rings (SSSR count). The zero-order valence-corrected chi connectivity index (χ0v) is 14.2. The van der Waals surface area contributed by atoms with E-state index in [4.69, 9.17) is 16.7 Å².